The summed E-state index contributed by atoms with van der Waals surface area (Å²) in [6.45, 7) is 1.52. The molecule has 31 heavy (non-hydrogen) atoms. The van der Waals surface area contributed by atoms with Crippen LogP contribution in [0.15, 0.2) is 53.7 Å². The highest BCUT2D eigenvalue weighted by molar-refractivity contribution is 5.92. The number of fused-ring (bicyclic) bond motifs is 1. The molecule has 2 heterocycles. The smallest absolute Gasteiger partial charge is 0.321 e. The van der Waals surface area contributed by atoms with Gasteiger partial charge in [-0.1, -0.05) is 29.4 Å². The Bertz CT molecular complexity index is 954. The number of nitrogens with one attached hydrogen (secondary N) is 2. The molecule has 162 valence electrons. The predicted octanol–water partition coefficient (Wildman–Crippen LogP) is 2.73. The summed E-state index contributed by atoms with van der Waals surface area (Å²) < 4.78 is 10.6. The first-order chi connectivity index (χ1) is 15.2. The largest absolute Gasteiger partial charge is 0.454 e. The molecule has 0 unspecified atom stereocenters. The highest BCUT2D eigenvalue weighted by Crippen LogP contribution is 2.32. The fourth-order valence-corrected chi connectivity index (χ4v) is 3.27. The van der Waals surface area contributed by atoms with Crippen LogP contribution in [0.2, 0.25) is 0 Å². The van der Waals surface area contributed by atoms with Gasteiger partial charge in [-0.05, 0) is 29.8 Å². The first-order valence-corrected chi connectivity index (χ1v) is 10.1. The highest BCUT2D eigenvalue weighted by Gasteiger charge is 2.20. The molecule has 2 aliphatic rings. The van der Waals surface area contributed by atoms with E-state index in [1.54, 1.807) is 4.90 Å². The van der Waals surface area contributed by atoms with Crippen LogP contribution in [0.4, 0.5) is 10.5 Å². The molecule has 1 saturated heterocycles. The molecule has 2 aliphatic heterocycles. The van der Waals surface area contributed by atoms with E-state index in [2.05, 4.69) is 15.8 Å². The molecule has 2 N–H and O–H groups in total. The number of amides is 3. The highest BCUT2D eigenvalue weighted by atomic mass is 16.7. The molecule has 1 fully saturated rings. The average Bonchev–Trinajstić information content (AvgIpc) is 3.27. The van der Waals surface area contributed by atoms with Crippen molar-refractivity contribution in [3.8, 4) is 11.5 Å². The van der Waals surface area contributed by atoms with E-state index in [9.17, 15) is 9.59 Å². The van der Waals surface area contributed by atoms with Crippen LogP contribution in [0, 0.1) is 0 Å². The third kappa shape index (κ3) is 5.65. The van der Waals surface area contributed by atoms with Gasteiger partial charge >= 0.3 is 6.03 Å². The Hall–Kier alpha value is -3.75. The maximum Gasteiger partial charge on any atom is 0.321 e. The summed E-state index contributed by atoms with van der Waals surface area (Å²) in [4.78, 5) is 31.2. The van der Waals surface area contributed by atoms with Gasteiger partial charge in [0.05, 0.1) is 5.71 Å². The van der Waals surface area contributed by atoms with Crippen molar-refractivity contribution in [3.63, 3.8) is 0 Å². The third-order valence-electron chi connectivity index (χ3n) is 4.97. The van der Waals surface area contributed by atoms with E-state index in [4.69, 9.17) is 14.3 Å². The fourth-order valence-electron chi connectivity index (χ4n) is 3.27. The van der Waals surface area contributed by atoms with Crippen molar-refractivity contribution < 1.29 is 23.9 Å². The molecule has 0 aromatic heterocycles. The molecule has 0 saturated carbocycles. The van der Waals surface area contributed by atoms with E-state index in [-0.39, 0.29) is 25.3 Å². The van der Waals surface area contributed by atoms with E-state index >= 15 is 0 Å². The second-order valence-electron chi connectivity index (χ2n) is 7.18. The van der Waals surface area contributed by atoms with E-state index in [1.165, 1.54) is 0 Å². The van der Waals surface area contributed by atoms with Crippen LogP contribution in [-0.4, -0.2) is 49.0 Å². The molecule has 0 spiro atoms. The molecule has 9 nitrogen and oxygen atoms in total. The van der Waals surface area contributed by atoms with Crippen molar-refractivity contribution in [1.82, 2.24) is 10.2 Å². The van der Waals surface area contributed by atoms with Gasteiger partial charge in [-0.3, -0.25) is 4.79 Å². The molecule has 0 radical (unpaired) electrons. The van der Waals surface area contributed by atoms with Crippen LogP contribution >= 0.6 is 0 Å². The molecular weight excluding hydrogens is 400 g/mol. The zero-order chi connectivity index (χ0) is 21.5. The monoisotopic (exact) mass is 424 g/mol. The molecule has 3 amide bonds. The number of urea groups is 1. The number of hydrogen-bond acceptors (Lipinski definition) is 6. The van der Waals surface area contributed by atoms with Crippen molar-refractivity contribution in [3.05, 3.63) is 54.1 Å². The van der Waals surface area contributed by atoms with Gasteiger partial charge in [0.1, 0.15) is 0 Å². The van der Waals surface area contributed by atoms with Crippen LogP contribution in [0.3, 0.4) is 0 Å². The zero-order valence-corrected chi connectivity index (χ0v) is 17.0. The standard InChI is InChI=1S/C22H24N4O5/c27-21(23-13-16-6-7-19-20(12-16)30-15-29-19)14-31-25-18-8-10-26(11-9-18)22(28)24-17-4-2-1-3-5-17/h1-7,12H,8-11,13-15H2,(H,23,27)(H,24,28). The van der Waals surface area contributed by atoms with Gasteiger partial charge in [0.25, 0.3) is 5.91 Å². The molecular formula is C22H24N4O5. The van der Waals surface area contributed by atoms with Gasteiger partial charge in [0, 0.05) is 38.2 Å². The van der Waals surface area contributed by atoms with Gasteiger partial charge in [-0.15, -0.1) is 0 Å². The number of likely N-dealkylation sites (tertiary alicyclic amines) is 1. The number of carbonyl (C=O) groups excluding carboxylic acids is 2. The topological polar surface area (TPSA) is 101 Å². The second kappa shape index (κ2) is 9.84. The number of carbonyl (C=O) groups is 2. The van der Waals surface area contributed by atoms with Crippen LogP contribution < -0.4 is 20.1 Å². The Labute approximate surface area is 179 Å². The molecule has 9 heteroatoms. The maximum atomic E-state index is 12.3. The van der Waals surface area contributed by atoms with Gasteiger partial charge < -0.3 is 29.8 Å². The lowest BCUT2D eigenvalue weighted by molar-refractivity contribution is -0.125. The second-order valence-corrected chi connectivity index (χ2v) is 7.18. The van der Waals surface area contributed by atoms with E-state index in [0.717, 1.165) is 17.0 Å². The Morgan fingerprint density at radius 1 is 1.03 bits per heavy atom. The Balaban J connectivity index is 1.15. The van der Waals surface area contributed by atoms with Crippen LogP contribution in [0.1, 0.15) is 18.4 Å². The molecule has 0 aliphatic carbocycles. The molecule has 0 bridgehead atoms. The van der Waals surface area contributed by atoms with Gasteiger partial charge in [-0.25, -0.2) is 4.79 Å². The summed E-state index contributed by atoms with van der Waals surface area (Å²) in [7, 11) is 0. The van der Waals surface area contributed by atoms with Crippen LogP contribution in [0.25, 0.3) is 0 Å². The predicted molar refractivity (Wildman–Crippen MR) is 114 cm³/mol. The molecule has 2 aromatic rings. The molecule has 0 atom stereocenters. The number of para-hydroxylation sites is 1. The fraction of sp³-hybridized carbons (Fsp3) is 0.318. The lowest BCUT2D eigenvalue weighted by atomic mass is 10.1. The zero-order valence-electron chi connectivity index (χ0n) is 17.0. The van der Waals surface area contributed by atoms with Crippen molar-refractivity contribution in [1.29, 1.82) is 0 Å². The minimum Gasteiger partial charge on any atom is -0.454 e. The summed E-state index contributed by atoms with van der Waals surface area (Å²) in [6.07, 6.45) is 1.22. The molecule has 4 rings (SSSR count). The summed E-state index contributed by atoms with van der Waals surface area (Å²) in [5.41, 5.74) is 2.51. The van der Waals surface area contributed by atoms with E-state index in [1.807, 2.05) is 48.5 Å². The lowest BCUT2D eigenvalue weighted by Gasteiger charge is -2.27. The van der Waals surface area contributed by atoms with Crippen LogP contribution in [-0.2, 0) is 16.2 Å². The third-order valence-corrected chi connectivity index (χ3v) is 4.97. The number of piperidine rings is 1. The maximum absolute atomic E-state index is 12.3. The Kier molecular flexibility index (Phi) is 6.51. The summed E-state index contributed by atoms with van der Waals surface area (Å²) in [5.74, 6) is 1.12. The Morgan fingerprint density at radius 3 is 2.61 bits per heavy atom. The summed E-state index contributed by atoms with van der Waals surface area (Å²) in [6, 6.07) is 14.7. The minimum absolute atomic E-state index is 0.130. The van der Waals surface area contributed by atoms with Crippen molar-refractivity contribution in [2.75, 3.05) is 31.8 Å². The number of nitrogens with zero attached hydrogens (tertiary/aromatic N) is 2. The van der Waals surface area contributed by atoms with E-state index in [0.29, 0.717) is 44.0 Å². The van der Waals surface area contributed by atoms with Crippen molar-refractivity contribution in [2.45, 2.75) is 19.4 Å². The lowest BCUT2D eigenvalue weighted by Crippen LogP contribution is -2.41. The Morgan fingerprint density at radius 2 is 1.81 bits per heavy atom. The van der Waals surface area contributed by atoms with Gasteiger partial charge in [-0.2, -0.15) is 0 Å². The van der Waals surface area contributed by atoms with Crippen molar-refractivity contribution >= 4 is 23.3 Å². The summed E-state index contributed by atoms with van der Waals surface area (Å²) >= 11 is 0. The first-order valence-electron chi connectivity index (χ1n) is 10.1. The number of oxime groups is 1. The quantitative estimate of drug-likeness (QED) is 0.695. The number of ether oxygens (including phenoxy) is 2. The number of hydrogen-bond donors (Lipinski definition) is 2. The normalized spacial score (nSPS) is 14.7. The summed E-state index contributed by atoms with van der Waals surface area (Å²) in [5, 5.41) is 9.72. The van der Waals surface area contributed by atoms with E-state index < -0.39 is 0 Å². The van der Waals surface area contributed by atoms with Crippen molar-refractivity contribution in [2.24, 2.45) is 5.16 Å². The minimum atomic E-state index is -0.262. The number of anilines is 1. The SMILES string of the molecule is O=C(CON=C1CCN(C(=O)Nc2ccccc2)CC1)NCc1ccc2c(c1)OCO2. The van der Waals surface area contributed by atoms with Gasteiger partial charge in [0.2, 0.25) is 6.79 Å². The number of benzene rings is 2. The molecule has 2 aromatic carbocycles. The van der Waals surface area contributed by atoms with Crippen LogP contribution in [0.5, 0.6) is 11.5 Å². The average molecular weight is 424 g/mol. The number of rotatable bonds is 6. The first kappa shape index (κ1) is 20.5. The van der Waals surface area contributed by atoms with Gasteiger partial charge in [0.15, 0.2) is 18.1 Å².